The van der Waals surface area contributed by atoms with Gasteiger partial charge in [-0.25, -0.2) is 0 Å². The zero-order valence-corrected chi connectivity index (χ0v) is 15.1. The molecule has 1 atom stereocenters. The SMILES string of the molecule is C#CCOCC1CCCN(C(=O)c2ccc(OCC)c(OCC)c2)C1. The van der Waals surface area contributed by atoms with Gasteiger partial charge in [0.15, 0.2) is 11.5 Å². The average Bonchev–Trinajstić information content (AvgIpc) is 2.63. The van der Waals surface area contributed by atoms with E-state index in [1.165, 1.54) is 0 Å². The molecular weight excluding hydrogens is 318 g/mol. The molecule has 0 N–H and O–H groups in total. The van der Waals surface area contributed by atoms with Crippen molar-refractivity contribution in [2.24, 2.45) is 5.92 Å². The number of nitrogens with zero attached hydrogens (tertiary/aromatic N) is 1. The van der Waals surface area contributed by atoms with Crippen LogP contribution in [0, 0.1) is 18.3 Å². The first-order valence-electron chi connectivity index (χ1n) is 8.89. The van der Waals surface area contributed by atoms with Crippen LogP contribution < -0.4 is 9.47 Å². The van der Waals surface area contributed by atoms with Gasteiger partial charge in [0.2, 0.25) is 0 Å². The maximum absolute atomic E-state index is 12.9. The monoisotopic (exact) mass is 345 g/mol. The van der Waals surface area contributed by atoms with Gasteiger partial charge < -0.3 is 19.1 Å². The number of terminal acetylenes is 1. The Hall–Kier alpha value is -2.19. The third-order valence-corrected chi connectivity index (χ3v) is 4.14. The molecule has 25 heavy (non-hydrogen) atoms. The molecule has 5 nitrogen and oxygen atoms in total. The smallest absolute Gasteiger partial charge is 0.254 e. The van der Waals surface area contributed by atoms with Crippen LogP contribution in [0.4, 0.5) is 0 Å². The largest absolute Gasteiger partial charge is 0.490 e. The van der Waals surface area contributed by atoms with Gasteiger partial charge in [-0.1, -0.05) is 5.92 Å². The van der Waals surface area contributed by atoms with E-state index in [4.69, 9.17) is 20.6 Å². The number of likely N-dealkylation sites (tertiary alicyclic amines) is 1. The molecule has 1 aromatic rings. The number of carbonyl (C=O) groups is 1. The molecule has 0 radical (unpaired) electrons. The van der Waals surface area contributed by atoms with Gasteiger partial charge in [-0.3, -0.25) is 4.79 Å². The lowest BCUT2D eigenvalue weighted by atomic mass is 9.98. The van der Waals surface area contributed by atoms with Gasteiger partial charge in [0.25, 0.3) is 5.91 Å². The van der Waals surface area contributed by atoms with E-state index in [2.05, 4.69) is 5.92 Å². The lowest BCUT2D eigenvalue weighted by Gasteiger charge is -2.32. The van der Waals surface area contributed by atoms with E-state index in [0.717, 1.165) is 19.4 Å². The Balaban J connectivity index is 2.05. The lowest BCUT2D eigenvalue weighted by molar-refractivity contribution is 0.0533. The molecule has 0 aliphatic carbocycles. The van der Waals surface area contributed by atoms with Crippen molar-refractivity contribution in [3.05, 3.63) is 23.8 Å². The Kier molecular flexibility index (Phi) is 7.62. The Morgan fingerprint density at radius 2 is 2.04 bits per heavy atom. The van der Waals surface area contributed by atoms with Crippen LogP contribution in [-0.4, -0.2) is 50.3 Å². The Morgan fingerprint density at radius 1 is 1.28 bits per heavy atom. The molecule has 1 aromatic carbocycles. The fourth-order valence-corrected chi connectivity index (χ4v) is 3.04. The number of hydrogen-bond acceptors (Lipinski definition) is 4. The molecule has 1 amide bonds. The van der Waals surface area contributed by atoms with E-state index in [9.17, 15) is 4.79 Å². The van der Waals surface area contributed by atoms with Crippen LogP contribution >= 0.6 is 0 Å². The van der Waals surface area contributed by atoms with Crippen LogP contribution in [0.15, 0.2) is 18.2 Å². The van der Waals surface area contributed by atoms with E-state index < -0.39 is 0 Å². The molecule has 5 heteroatoms. The summed E-state index contributed by atoms with van der Waals surface area (Å²) in [6.45, 7) is 7.29. The number of hydrogen-bond donors (Lipinski definition) is 0. The quantitative estimate of drug-likeness (QED) is 0.537. The van der Waals surface area contributed by atoms with Crippen LogP contribution in [0.1, 0.15) is 37.0 Å². The van der Waals surface area contributed by atoms with Crippen molar-refractivity contribution in [3.8, 4) is 23.8 Å². The highest BCUT2D eigenvalue weighted by Crippen LogP contribution is 2.29. The summed E-state index contributed by atoms with van der Waals surface area (Å²) in [5.41, 5.74) is 0.622. The van der Waals surface area contributed by atoms with Gasteiger partial charge in [0.1, 0.15) is 6.61 Å². The highest BCUT2D eigenvalue weighted by molar-refractivity contribution is 5.95. The fraction of sp³-hybridized carbons (Fsp3) is 0.550. The standard InChI is InChI=1S/C20H27NO4/c1-4-12-23-15-16-8-7-11-21(14-16)20(22)17-9-10-18(24-5-2)19(13-17)25-6-3/h1,9-10,13,16H,5-8,11-12,14-15H2,2-3H3. The van der Waals surface area contributed by atoms with Crippen LogP contribution in [-0.2, 0) is 4.74 Å². The Labute approximate surface area is 150 Å². The summed E-state index contributed by atoms with van der Waals surface area (Å²) in [5, 5.41) is 0. The van der Waals surface area contributed by atoms with Crippen LogP contribution in [0.5, 0.6) is 11.5 Å². The normalized spacial score (nSPS) is 17.0. The molecule has 1 saturated heterocycles. The van der Waals surface area contributed by atoms with E-state index in [1.54, 1.807) is 18.2 Å². The second kappa shape index (κ2) is 9.95. The van der Waals surface area contributed by atoms with Crippen LogP contribution in [0.25, 0.3) is 0 Å². The number of rotatable bonds is 8. The lowest BCUT2D eigenvalue weighted by Crippen LogP contribution is -2.41. The van der Waals surface area contributed by atoms with E-state index in [0.29, 0.717) is 56.0 Å². The first-order valence-corrected chi connectivity index (χ1v) is 8.89. The molecule has 1 unspecified atom stereocenters. The summed E-state index contributed by atoms with van der Waals surface area (Å²) in [5.74, 6) is 4.10. The number of carbonyl (C=O) groups excluding carboxylic acids is 1. The number of piperidine rings is 1. The van der Waals surface area contributed by atoms with Gasteiger partial charge in [-0.2, -0.15) is 0 Å². The zero-order chi connectivity index (χ0) is 18.1. The van der Waals surface area contributed by atoms with Gasteiger partial charge in [-0.15, -0.1) is 6.42 Å². The van der Waals surface area contributed by atoms with Gasteiger partial charge in [0, 0.05) is 24.6 Å². The maximum atomic E-state index is 12.9. The van der Waals surface area contributed by atoms with Gasteiger partial charge >= 0.3 is 0 Å². The topological polar surface area (TPSA) is 48.0 Å². The van der Waals surface area contributed by atoms with Crippen molar-refractivity contribution in [1.82, 2.24) is 4.90 Å². The average molecular weight is 345 g/mol. The predicted molar refractivity (Wildman–Crippen MR) is 97.1 cm³/mol. The highest BCUT2D eigenvalue weighted by Gasteiger charge is 2.25. The summed E-state index contributed by atoms with van der Waals surface area (Å²) < 4.78 is 16.6. The summed E-state index contributed by atoms with van der Waals surface area (Å²) in [4.78, 5) is 14.7. The van der Waals surface area contributed by atoms with Gasteiger partial charge in [-0.05, 0) is 44.9 Å². The minimum atomic E-state index is 0.0191. The van der Waals surface area contributed by atoms with Crippen molar-refractivity contribution in [1.29, 1.82) is 0 Å². The van der Waals surface area contributed by atoms with E-state index in [1.807, 2.05) is 18.7 Å². The van der Waals surface area contributed by atoms with Gasteiger partial charge in [0.05, 0.1) is 19.8 Å². The molecule has 1 heterocycles. The second-order valence-electron chi connectivity index (χ2n) is 6.01. The zero-order valence-electron chi connectivity index (χ0n) is 15.1. The predicted octanol–water partition coefficient (Wildman–Crippen LogP) is 2.99. The van der Waals surface area contributed by atoms with Crippen molar-refractivity contribution in [2.45, 2.75) is 26.7 Å². The molecule has 0 bridgehead atoms. The van der Waals surface area contributed by atoms with E-state index in [-0.39, 0.29) is 5.91 Å². The summed E-state index contributed by atoms with van der Waals surface area (Å²) in [7, 11) is 0. The molecule has 1 fully saturated rings. The molecular formula is C20H27NO4. The third-order valence-electron chi connectivity index (χ3n) is 4.14. The molecule has 136 valence electrons. The summed E-state index contributed by atoms with van der Waals surface area (Å²) in [6, 6.07) is 5.38. The molecule has 0 aromatic heterocycles. The molecule has 2 rings (SSSR count). The van der Waals surface area contributed by atoms with Crippen molar-refractivity contribution < 1.29 is 19.0 Å². The second-order valence-corrected chi connectivity index (χ2v) is 6.01. The molecule has 0 spiro atoms. The fourth-order valence-electron chi connectivity index (χ4n) is 3.04. The van der Waals surface area contributed by atoms with Crippen LogP contribution in [0.2, 0.25) is 0 Å². The number of benzene rings is 1. The molecule has 1 aliphatic heterocycles. The number of ether oxygens (including phenoxy) is 3. The third kappa shape index (κ3) is 5.40. The van der Waals surface area contributed by atoms with Crippen molar-refractivity contribution >= 4 is 5.91 Å². The minimum Gasteiger partial charge on any atom is -0.490 e. The van der Waals surface area contributed by atoms with Crippen molar-refractivity contribution in [2.75, 3.05) is 39.5 Å². The Bertz CT molecular complexity index is 608. The first-order chi connectivity index (χ1) is 12.2. The number of amides is 1. The summed E-state index contributed by atoms with van der Waals surface area (Å²) >= 11 is 0. The molecule has 1 aliphatic rings. The summed E-state index contributed by atoms with van der Waals surface area (Å²) in [6.07, 6.45) is 7.24. The maximum Gasteiger partial charge on any atom is 0.254 e. The Morgan fingerprint density at radius 3 is 2.76 bits per heavy atom. The van der Waals surface area contributed by atoms with Crippen molar-refractivity contribution in [3.63, 3.8) is 0 Å². The highest BCUT2D eigenvalue weighted by atomic mass is 16.5. The first kappa shape index (κ1) is 19.1. The molecule has 0 saturated carbocycles. The van der Waals surface area contributed by atoms with Crippen LogP contribution in [0.3, 0.4) is 0 Å². The van der Waals surface area contributed by atoms with E-state index >= 15 is 0 Å². The minimum absolute atomic E-state index is 0.0191.